The summed E-state index contributed by atoms with van der Waals surface area (Å²) in [6.07, 6.45) is 1.62. The van der Waals surface area contributed by atoms with Crippen molar-refractivity contribution in [2.75, 3.05) is 13.2 Å². The smallest absolute Gasteiger partial charge is 0.326 e. The van der Waals surface area contributed by atoms with Gasteiger partial charge in [-0.05, 0) is 24.3 Å². The molecule has 1 saturated heterocycles. The number of piperidine rings is 1. The summed E-state index contributed by atoms with van der Waals surface area (Å²) in [5.74, 6) is -0.697. The van der Waals surface area contributed by atoms with Crippen molar-refractivity contribution < 1.29 is 19.4 Å². The van der Waals surface area contributed by atoms with Crippen LogP contribution in [0.15, 0.2) is 30.3 Å². The van der Waals surface area contributed by atoms with Crippen LogP contribution in [0.3, 0.4) is 0 Å². The topological polar surface area (TPSA) is 66.8 Å². The summed E-state index contributed by atoms with van der Waals surface area (Å²) in [5.41, 5.74) is 1.06. The largest absolute Gasteiger partial charge is 0.480 e. The second-order valence-electron chi connectivity index (χ2n) is 5.86. The molecule has 0 radical (unpaired) electrons. The van der Waals surface area contributed by atoms with E-state index in [1.165, 1.54) is 4.90 Å². The van der Waals surface area contributed by atoms with Gasteiger partial charge in [0.1, 0.15) is 6.04 Å². The van der Waals surface area contributed by atoms with Crippen molar-refractivity contribution >= 4 is 11.9 Å². The molecule has 2 rings (SSSR count). The number of carboxylic acid groups (broad SMARTS) is 1. The van der Waals surface area contributed by atoms with Gasteiger partial charge in [0.15, 0.2) is 0 Å². The van der Waals surface area contributed by atoms with E-state index in [0.717, 1.165) is 12.0 Å². The third kappa shape index (κ3) is 4.56. The summed E-state index contributed by atoms with van der Waals surface area (Å²) in [6, 6.07) is 9.07. The SMILES string of the molecule is CC1CCN(C(=O)CCOCc2ccccc2)C(C(=O)O)C1. The lowest BCUT2D eigenvalue weighted by atomic mass is 9.92. The second kappa shape index (κ2) is 7.94. The van der Waals surface area contributed by atoms with Crippen LogP contribution in [0.1, 0.15) is 31.7 Å². The van der Waals surface area contributed by atoms with Crippen molar-refractivity contribution in [1.82, 2.24) is 4.90 Å². The number of hydrogen-bond donors (Lipinski definition) is 1. The van der Waals surface area contributed by atoms with Crippen LogP contribution in [0.25, 0.3) is 0 Å². The number of hydrogen-bond acceptors (Lipinski definition) is 3. The first-order chi connectivity index (χ1) is 10.6. The molecule has 1 fully saturated rings. The molecule has 1 aliphatic heterocycles. The average molecular weight is 305 g/mol. The second-order valence-corrected chi connectivity index (χ2v) is 5.86. The van der Waals surface area contributed by atoms with Gasteiger partial charge in [0.2, 0.25) is 5.91 Å². The predicted octanol–water partition coefficient (Wildman–Crippen LogP) is 2.30. The maximum absolute atomic E-state index is 12.2. The number of ether oxygens (including phenoxy) is 1. The molecule has 1 N–H and O–H groups in total. The third-order valence-electron chi connectivity index (χ3n) is 4.04. The molecule has 5 heteroatoms. The number of amides is 1. The highest BCUT2D eigenvalue weighted by molar-refractivity contribution is 5.84. The lowest BCUT2D eigenvalue weighted by molar-refractivity contribution is -0.153. The van der Waals surface area contributed by atoms with Gasteiger partial charge in [-0.3, -0.25) is 4.79 Å². The number of carbonyl (C=O) groups is 2. The summed E-state index contributed by atoms with van der Waals surface area (Å²) in [7, 11) is 0. The van der Waals surface area contributed by atoms with Gasteiger partial charge in [-0.2, -0.15) is 0 Å². The minimum absolute atomic E-state index is 0.132. The Morgan fingerprint density at radius 3 is 2.73 bits per heavy atom. The van der Waals surface area contributed by atoms with E-state index in [1.807, 2.05) is 37.3 Å². The number of carbonyl (C=O) groups excluding carboxylic acids is 1. The number of aliphatic carboxylic acids is 1. The first kappa shape index (κ1) is 16.5. The molecule has 2 atom stereocenters. The van der Waals surface area contributed by atoms with E-state index in [2.05, 4.69) is 0 Å². The molecule has 0 spiro atoms. The molecule has 5 nitrogen and oxygen atoms in total. The maximum atomic E-state index is 12.2. The van der Waals surface area contributed by atoms with Crippen LogP contribution < -0.4 is 0 Å². The van der Waals surface area contributed by atoms with E-state index in [1.54, 1.807) is 0 Å². The van der Waals surface area contributed by atoms with Gasteiger partial charge < -0.3 is 14.7 Å². The first-order valence-electron chi connectivity index (χ1n) is 7.72. The minimum Gasteiger partial charge on any atom is -0.480 e. The Bertz CT molecular complexity index is 503. The summed E-state index contributed by atoms with van der Waals surface area (Å²) >= 11 is 0. The van der Waals surface area contributed by atoms with Crippen LogP contribution in [-0.4, -0.2) is 41.1 Å². The Morgan fingerprint density at radius 2 is 2.05 bits per heavy atom. The van der Waals surface area contributed by atoms with Crippen molar-refractivity contribution in [3.8, 4) is 0 Å². The molecule has 1 aromatic carbocycles. The summed E-state index contributed by atoms with van der Waals surface area (Å²) < 4.78 is 5.50. The fourth-order valence-electron chi connectivity index (χ4n) is 2.74. The van der Waals surface area contributed by atoms with Crippen LogP contribution >= 0.6 is 0 Å². The fraction of sp³-hybridized carbons (Fsp3) is 0.529. The van der Waals surface area contributed by atoms with E-state index in [0.29, 0.717) is 32.1 Å². The van der Waals surface area contributed by atoms with Crippen molar-refractivity contribution in [3.63, 3.8) is 0 Å². The van der Waals surface area contributed by atoms with Crippen LogP contribution in [-0.2, 0) is 20.9 Å². The molecule has 2 unspecified atom stereocenters. The number of benzene rings is 1. The van der Waals surface area contributed by atoms with Crippen molar-refractivity contribution in [1.29, 1.82) is 0 Å². The number of likely N-dealkylation sites (tertiary alicyclic amines) is 1. The van der Waals surface area contributed by atoms with Crippen LogP contribution in [0, 0.1) is 5.92 Å². The van der Waals surface area contributed by atoms with E-state index in [-0.39, 0.29) is 12.3 Å². The van der Waals surface area contributed by atoms with Crippen molar-refractivity contribution in [2.45, 2.75) is 38.8 Å². The van der Waals surface area contributed by atoms with Crippen molar-refractivity contribution in [3.05, 3.63) is 35.9 Å². The molecule has 1 amide bonds. The zero-order chi connectivity index (χ0) is 15.9. The average Bonchev–Trinajstić information content (AvgIpc) is 2.52. The summed E-state index contributed by atoms with van der Waals surface area (Å²) in [6.45, 7) is 3.33. The Hall–Kier alpha value is -1.88. The standard InChI is InChI=1S/C17H23NO4/c1-13-7-9-18(15(11-13)17(20)21)16(19)8-10-22-12-14-5-3-2-4-6-14/h2-6,13,15H,7-12H2,1H3,(H,20,21). The van der Waals surface area contributed by atoms with Crippen molar-refractivity contribution in [2.24, 2.45) is 5.92 Å². The molecule has 22 heavy (non-hydrogen) atoms. The number of carboxylic acids is 1. The van der Waals surface area contributed by atoms with Crippen LogP contribution in [0.5, 0.6) is 0 Å². The Morgan fingerprint density at radius 1 is 1.32 bits per heavy atom. The van der Waals surface area contributed by atoms with Gasteiger partial charge in [-0.1, -0.05) is 37.3 Å². The minimum atomic E-state index is -0.912. The molecule has 1 aliphatic rings. The Labute approximate surface area is 130 Å². The monoisotopic (exact) mass is 305 g/mol. The Balaban J connectivity index is 1.77. The van der Waals surface area contributed by atoms with E-state index in [9.17, 15) is 14.7 Å². The lowest BCUT2D eigenvalue weighted by Crippen LogP contribution is -2.50. The van der Waals surface area contributed by atoms with Crippen LogP contribution in [0.2, 0.25) is 0 Å². The van der Waals surface area contributed by atoms with Gasteiger partial charge in [0.05, 0.1) is 19.6 Å². The molecule has 0 aliphatic carbocycles. The zero-order valence-electron chi connectivity index (χ0n) is 12.9. The molecule has 0 aromatic heterocycles. The number of rotatable bonds is 6. The quantitative estimate of drug-likeness (QED) is 0.819. The zero-order valence-corrected chi connectivity index (χ0v) is 12.9. The van der Waals surface area contributed by atoms with Gasteiger partial charge in [0, 0.05) is 6.54 Å². The number of nitrogens with zero attached hydrogens (tertiary/aromatic N) is 1. The van der Waals surface area contributed by atoms with E-state index >= 15 is 0 Å². The van der Waals surface area contributed by atoms with E-state index in [4.69, 9.17) is 4.74 Å². The molecule has 0 saturated carbocycles. The molecule has 0 bridgehead atoms. The maximum Gasteiger partial charge on any atom is 0.326 e. The van der Waals surface area contributed by atoms with Gasteiger partial charge in [-0.25, -0.2) is 4.79 Å². The first-order valence-corrected chi connectivity index (χ1v) is 7.72. The summed E-state index contributed by atoms with van der Waals surface area (Å²) in [4.78, 5) is 25.0. The molecular formula is C17H23NO4. The highest BCUT2D eigenvalue weighted by atomic mass is 16.5. The molecule has 120 valence electrons. The fourth-order valence-corrected chi connectivity index (χ4v) is 2.74. The third-order valence-corrected chi connectivity index (χ3v) is 4.04. The molecule has 1 aromatic rings. The molecular weight excluding hydrogens is 282 g/mol. The Kier molecular flexibility index (Phi) is 5.95. The van der Waals surface area contributed by atoms with E-state index < -0.39 is 12.0 Å². The van der Waals surface area contributed by atoms with Gasteiger partial charge >= 0.3 is 5.97 Å². The summed E-state index contributed by atoms with van der Waals surface area (Å²) in [5, 5.41) is 9.27. The highest BCUT2D eigenvalue weighted by Gasteiger charge is 2.34. The predicted molar refractivity (Wildman–Crippen MR) is 82.2 cm³/mol. The van der Waals surface area contributed by atoms with Gasteiger partial charge in [-0.15, -0.1) is 0 Å². The lowest BCUT2D eigenvalue weighted by Gasteiger charge is -2.36. The van der Waals surface area contributed by atoms with Crippen LogP contribution in [0.4, 0.5) is 0 Å². The van der Waals surface area contributed by atoms with Gasteiger partial charge in [0.25, 0.3) is 0 Å². The highest BCUT2D eigenvalue weighted by Crippen LogP contribution is 2.23. The normalized spacial score (nSPS) is 21.6. The molecule has 1 heterocycles.